The van der Waals surface area contributed by atoms with Gasteiger partial charge in [-0.3, -0.25) is 4.79 Å². The number of hydrogen-bond donors (Lipinski definition) is 1. The topological polar surface area (TPSA) is 46.3 Å². The van der Waals surface area contributed by atoms with Gasteiger partial charge in [0.1, 0.15) is 0 Å². The molecular formula is C12H28N2O. The van der Waals surface area contributed by atoms with Crippen LogP contribution in [0.5, 0.6) is 0 Å². The third-order valence-electron chi connectivity index (χ3n) is 2.55. The van der Waals surface area contributed by atoms with Crippen LogP contribution in [-0.4, -0.2) is 30.9 Å². The van der Waals surface area contributed by atoms with Gasteiger partial charge >= 0.3 is 0 Å². The summed E-state index contributed by atoms with van der Waals surface area (Å²) in [6.45, 7) is 10.1. The van der Waals surface area contributed by atoms with Gasteiger partial charge in [-0.1, -0.05) is 34.6 Å². The Morgan fingerprint density at radius 3 is 2.00 bits per heavy atom. The first-order chi connectivity index (χ1) is 6.81. The highest BCUT2D eigenvalue weighted by Crippen LogP contribution is 2.26. The van der Waals surface area contributed by atoms with Gasteiger partial charge in [0.15, 0.2) is 0 Å². The fourth-order valence-corrected chi connectivity index (χ4v) is 1.23. The second-order valence-corrected chi connectivity index (χ2v) is 4.47. The van der Waals surface area contributed by atoms with E-state index in [4.69, 9.17) is 5.73 Å². The van der Waals surface area contributed by atoms with Gasteiger partial charge in [0, 0.05) is 26.6 Å². The molecule has 0 aliphatic heterocycles. The maximum atomic E-state index is 11.4. The van der Waals surface area contributed by atoms with E-state index in [0.29, 0.717) is 6.42 Å². The summed E-state index contributed by atoms with van der Waals surface area (Å²) < 4.78 is 0. The maximum Gasteiger partial charge on any atom is 0.222 e. The number of hydrogen-bond acceptors (Lipinski definition) is 2. The van der Waals surface area contributed by atoms with Crippen molar-refractivity contribution in [1.29, 1.82) is 0 Å². The fraction of sp³-hybridized carbons (Fsp3) is 0.917. The van der Waals surface area contributed by atoms with Crippen LogP contribution < -0.4 is 5.73 Å². The van der Waals surface area contributed by atoms with Crippen molar-refractivity contribution in [3.63, 3.8) is 0 Å². The molecule has 92 valence electrons. The molecule has 1 atom stereocenters. The minimum absolute atomic E-state index is 0.0939. The Morgan fingerprint density at radius 1 is 1.33 bits per heavy atom. The molecule has 0 aromatic heterocycles. The van der Waals surface area contributed by atoms with E-state index in [-0.39, 0.29) is 17.4 Å². The Hall–Kier alpha value is -0.570. The van der Waals surface area contributed by atoms with Crippen molar-refractivity contribution < 1.29 is 4.79 Å². The molecule has 0 aliphatic carbocycles. The van der Waals surface area contributed by atoms with Crippen molar-refractivity contribution in [2.24, 2.45) is 11.1 Å². The van der Waals surface area contributed by atoms with Crippen LogP contribution >= 0.6 is 0 Å². The standard InChI is InChI=1S/C10H22N2O.C2H6/c1-6-8(11)10(2,3)7-9(13)12(4)5;1-2/h8H,6-7,11H2,1-5H3;1-2H3. The number of rotatable bonds is 4. The molecule has 0 aliphatic rings. The number of carbonyl (C=O) groups is 1. The summed E-state index contributed by atoms with van der Waals surface area (Å²) in [5.74, 6) is 0.147. The first kappa shape index (κ1) is 16.8. The average Bonchev–Trinajstić information content (AvgIpc) is 2.18. The lowest BCUT2D eigenvalue weighted by molar-refractivity contribution is -0.131. The molecule has 0 aromatic carbocycles. The smallest absolute Gasteiger partial charge is 0.222 e. The van der Waals surface area contributed by atoms with Crippen molar-refractivity contribution in [3.8, 4) is 0 Å². The van der Waals surface area contributed by atoms with Gasteiger partial charge in [0.2, 0.25) is 5.91 Å². The molecule has 0 spiro atoms. The van der Waals surface area contributed by atoms with E-state index in [1.165, 1.54) is 0 Å². The van der Waals surface area contributed by atoms with E-state index in [1.54, 1.807) is 19.0 Å². The quantitative estimate of drug-likeness (QED) is 0.783. The van der Waals surface area contributed by atoms with Crippen LogP contribution in [0.3, 0.4) is 0 Å². The van der Waals surface area contributed by atoms with Crippen molar-refractivity contribution in [2.45, 2.75) is 53.5 Å². The van der Waals surface area contributed by atoms with Crippen LogP contribution in [-0.2, 0) is 4.79 Å². The van der Waals surface area contributed by atoms with Crippen LogP contribution in [0.2, 0.25) is 0 Å². The van der Waals surface area contributed by atoms with Crippen LogP contribution in [0.25, 0.3) is 0 Å². The number of carbonyl (C=O) groups excluding carboxylic acids is 1. The van der Waals surface area contributed by atoms with E-state index in [1.807, 2.05) is 34.6 Å². The Kier molecular flexibility index (Phi) is 8.63. The molecule has 1 unspecified atom stereocenters. The van der Waals surface area contributed by atoms with E-state index in [9.17, 15) is 4.79 Å². The third-order valence-corrected chi connectivity index (χ3v) is 2.55. The lowest BCUT2D eigenvalue weighted by Crippen LogP contribution is -2.40. The van der Waals surface area contributed by atoms with Crippen LogP contribution in [0.15, 0.2) is 0 Å². The zero-order valence-electron chi connectivity index (χ0n) is 11.4. The minimum Gasteiger partial charge on any atom is -0.349 e. The first-order valence-electron chi connectivity index (χ1n) is 5.77. The third kappa shape index (κ3) is 6.50. The molecule has 15 heavy (non-hydrogen) atoms. The summed E-state index contributed by atoms with van der Waals surface area (Å²) >= 11 is 0. The zero-order chi connectivity index (χ0) is 12.6. The SMILES string of the molecule is CC.CCC(N)C(C)(C)CC(=O)N(C)C. The molecular weight excluding hydrogens is 188 g/mol. The summed E-state index contributed by atoms with van der Waals surface area (Å²) in [5, 5.41) is 0. The van der Waals surface area contributed by atoms with Gasteiger partial charge in [0.05, 0.1) is 0 Å². The monoisotopic (exact) mass is 216 g/mol. The summed E-state index contributed by atoms with van der Waals surface area (Å²) in [7, 11) is 3.55. The zero-order valence-corrected chi connectivity index (χ0v) is 11.4. The normalized spacial score (nSPS) is 12.5. The predicted molar refractivity (Wildman–Crippen MR) is 66.7 cm³/mol. The van der Waals surface area contributed by atoms with E-state index in [2.05, 4.69) is 0 Å². The second kappa shape index (κ2) is 7.69. The van der Waals surface area contributed by atoms with Crippen molar-refractivity contribution >= 4 is 5.91 Å². The van der Waals surface area contributed by atoms with Gasteiger partial charge in [-0.05, 0) is 11.8 Å². The maximum absolute atomic E-state index is 11.4. The molecule has 0 saturated heterocycles. The van der Waals surface area contributed by atoms with Gasteiger partial charge in [-0.2, -0.15) is 0 Å². The Morgan fingerprint density at radius 2 is 1.73 bits per heavy atom. The van der Waals surface area contributed by atoms with E-state index in [0.717, 1.165) is 6.42 Å². The molecule has 3 nitrogen and oxygen atoms in total. The van der Waals surface area contributed by atoms with Gasteiger partial charge < -0.3 is 10.6 Å². The summed E-state index contributed by atoms with van der Waals surface area (Å²) in [6, 6.07) is 0.0939. The number of nitrogens with zero attached hydrogens (tertiary/aromatic N) is 1. The van der Waals surface area contributed by atoms with Crippen molar-refractivity contribution in [2.75, 3.05) is 14.1 Å². The molecule has 0 rings (SSSR count). The predicted octanol–water partition coefficient (Wildman–Crippen LogP) is 2.25. The molecule has 0 heterocycles. The number of nitrogens with two attached hydrogens (primary N) is 1. The molecule has 0 radical (unpaired) electrons. The summed E-state index contributed by atoms with van der Waals surface area (Å²) in [5.41, 5.74) is 5.83. The Bertz CT molecular complexity index is 176. The van der Waals surface area contributed by atoms with E-state index >= 15 is 0 Å². The summed E-state index contributed by atoms with van der Waals surface area (Å²) in [6.07, 6.45) is 1.43. The largest absolute Gasteiger partial charge is 0.349 e. The molecule has 0 bridgehead atoms. The number of amides is 1. The average molecular weight is 216 g/mol. The highest BCUT2D eigenvalue weighted by atomic mass is 16.2. The second-order valence-electron chi connectivity index (χ2n) is 4.47. The van der Waals surface area contributed by atoms with Gasteiger partial charge in [0.25, 0.3) is 0 Å². The van der Waals surface area contributed by atoms with Gasteiger partial charge in [-0.15, -0.1) is 0 Å². The lowest BCUT2D eigenvalue weighted by Gasteiger charge is -2.31. The Labute approximate surface area is 95.0 Å². The molecule has 2 N–H and O–H groups in total. The minimum atomic E-state index is -0.101. The first-order valence-corrected chi connectivity index (χ1v) is 5.77. The lowest BCUT2D eigenvalue weighted by atomic mass is 9.80. The molecule has 0 saturated carbocycles. The summed E-state index contributed by atoms with van der Waals surface area (Å²) in [4.78, 5) is 13.1. The molecule has 0 fully saturated rings. The highest BCUT2D eigenvalue weighted by molar-refractivity contribution is 5.76. The Balaban J connectivity index is 0. The molecule has 0 aromatic rings. The van der Waals surface area contributed by atoms with Crippen LogP contribution in [0, 0.1) is 5.41 Å². The molecule has 1 amide bonds. The van der Waals surface area contributed by atoms with Crippen molar-refractivity contribution in [1.82, 2.24) is 4.90 Å². The molecule has 3 heteroatoms. The highest BCUT2D eigenvalue weighted by Gasteiger charge is 2.28. The van der Waals surface area contributed by atoms with Crippen molar-refractivity contribution in [3.05, 3.63) is 0 Å². The van der Waals surface area contributed by atoms with E-state index < -0.39 is 0 Å². The fourth-order valence-electron chi connectivity index (χ4n) is 1.23. The van der Waals surface area contributed by atoms with Crippen LogP contribution in [0.4, 0.5) is 0 Å². The van der Waals surface area contributed by atoms with Gasteiger partial charge in [-0.25, -0.2) is 0 Å². The van der Waals surface area contributed by atoms with Crippen LogP contribution in [0.1, 0.15) is 47.5 Å².